The lowest BCUT2D eigenvalue weighted by Crippen LogP contribution is -2.40. The van der Waals surface area contributed by atoms with Crippen LogP contribution in [0.5, 0.6) is 0 Å². The second-order valence-corrected chi connectivity index (χ2v) is 7.63. The molecule has 0 N–H and O–H groups in total. The predicted octanol–water partition coefficient (Wildman–Crippen LogP) is 2.04. The summed E-state index contributed by atoms with van der Waals surface area (Å²) in [7, 11) is 0. The number of amides is 2. The number of carbonyl (C=O) groups is 2. The largest absolute Gasteiger partial charge is 0.369 e. The summed E-state index contributed by atoms with van der Waals surface area (Å²) in [6.45, 7) is 6.17. The van der Waals surface area contributed by atoms with Crippen LogP contribution in [0.3, 0.4) is 0 Å². The summed E-state index contributed by atoms with van der Waals surface area (Å²) in [6, 6.07) is 8.86. The Morgan fingerprint density at radius 2 is 1.88 bits per heavy atom. The maximum absolute atomic E-state index is 12.9. The molecule has 1 aliphatic carbocycles. The van der Waals surface area contributed by atoms with E-state index in [1.807, 2.05) is 9.80 Å². The molecule has 2 saturated heterocycles. The van der Waals surface area contributed by atoms with Crippen LogP contribution in [0.25, 0.3) is 0 Å². The van der Waals surface area contributed by atoms with Gasteiger partial charge in [-0.3, -0.25) is 9.59 Å². The Balaban J connectivity index is 1.38. The van der Waals surface area contributed by atoms with Gasteiger partial charge in [0.2, 0.25) is 11.8 Å². The molecule has 2 heterocycles. The molecule has 1 aromatic carbocycles. The van der Waals surface area contributed by atoms with Crippen LogP contribution in [0.15, 0.2) is 24.3 Å². The molecule has 2 aliphatic heterocycles. The Morgan fingerprint density at radius 3 is 2.64 bits per heavy atom. The first kappa shape index (κ1) is 16.4. The zero-order valence-corrected chi connectivity index (χ0v) is 15.0. The number of likely N-dealkylation sites (tertiary alicyclic amines) is 1. The first-order valence-corrected chi connectivity index (χ1v) is 9.52. The third-order valence-electron chi connectivity index (χ3n) is 5.76. The highest BCUT2D eigenvalue weighted by atomic mass is 16.2. The average Bonchev–Trinajstić information content (AvgIpc) is 3.41. The van der Waals surface area contributed by atoms with Gasteiger partial charge in [-0.1, -0.05) is 18.2 Å². The monoisotopic (exact) mass is 341 g/mol. The second kappa shape index (κ2) is 6.70. The molecule has 3 aliphatic rings. The van der Waals surface area contributed by atoms with Crippen molar-refractivity contribution < 1.29 is 9.59 Å². The molecule has 1 atom stereocenters. The highest BCUT2D eigenvalue weighted by molar-refractivity contribution is 5.89. The fourth-order valence-electron chi connectivity index (χ4n) is 4.19. The summed E-state index contributed by atoms with van der Waals surface area (Å²) < 4.78 is 0. The molecule has 1 saturated carbocycles. The molecule has 134 valence electrons. The van der Waals surface area contributed by atoms with Gasteiger partial charge in [0.05, 0.1) is 5.92 Å². The lowest BCUT2D eigenvalue weighted by Gasteiger charge is -2.26. The van der Waals surface area contributed by atoms with Crippen molar-refractivity contribution in [3.05, 3.63) is 29.8 Å². The minimum Gasteiger partial charge on any atom is -0.369 e. The summed E-state index contributed by atoms with van der Waals surface area (Å²) in [4.78, 5) is 31.4. The van der Waals surface area contributed by atoms with Gasteiger partial charge in [-0.25, -0.2) is 0 Å². The number of rotatable bonds is 3. The first-order chi connectivity index (χ1) is 12.1. The second-order valence-electron chi connectivity index (χ2n) is 7.63. The Morgan fingerprint density at radius 1 is 1.08 bits per heavy atom. The maximum atomic E-state index is 12.9. The predicted molar refractivity (Wildman–Crippen MR) is 97.4 cm³/mol. The van der Waals surface area contributed by atoms with Gasteiger partial charge in [-0.05, 0) is 37.8 Å². The van der Waals surface area contributed by atoms with Crippen LogP contribution in [0, 0.1) is 12.8 Å². The third kappa shape index (κ3) is 3.37. The van der Waals surface area contributed by atoms with Crippen LogP contribution in [-0.2, 0) is 9.59 Å². The van der Waals surface area contributed by atoms with Crippen molar-refractivity contribution in [2.45, 2.75) is 38.6 Å². The van der Waals surface area contributed by atoms with Gasteiger partial charge >= 0.3 is 0 Å². The number of nitrogens with zero attached hydrogens (tertiary/aromatic N) is 3. The molecular weight excluding hydrogens is 314 g/mol. The van der Waals surface area contributed by atoms with E-state index in [2.05, 4.69) is 36.1 Å². The summed E-state index contributed by atoms with van der Waals surface area (Å²) in [5.41, 5.74) is 2.55. The SMILES string of the molecule is Cc1ccccc1N1CCCN(C(=O)[C@H]2CC(=O)N(C3CC3)C2)CC1. The van der Waals surface area contributed by atoms with E-state index in [0.717, 1.165) is 45.4 Å². The number of carbonyl (C=O) groups excluding carboxylic acids is 2. The minimum absolute atomic E-state index is 0.127. The molecule has 0 unspecified atom stereocenters. The maximum Gasteiger partial charge on any atom is 0.228 e. The van der Waals surface area contributed by atoms with E-state index in [4.69, 9.17) is 0 Å². The van der Waals surface area contributed by atoms with E-state index in [1.54, 1.807) is 0 Å². The molecule has 0 aromatic heterocycles. The van der Waals surface area contributed by atoms with Gasteiger partial charge in [-0.2, -0.15) is 0 Å². The molecule has 5 heteroatoms. The highest BCUT2D eigenvalue weighted by Gasteiger charge is 2.42. The fraction of sp³-hybridized carbons (Fsp3) is 0.600. The van der Waals surface area contributed by atoms with Gasteiger partial charge in [0.1, 0.15) is 0 Å². The Bertz CT molecular complexity index is 671. The van der Waals surface area contributed by atoms with Crippen LogP contribution in [-0.4, -0.2) is 60.4 Å². The Labute approximate surface area is 149 Å². The fourth-order valence-corrected chi connectivity index (χ4v) is 4.19. The van der Waals surface area contributed by atoms with Gasteiger partial charge in [0.25, 0.3) is 0 Å². The molecule has 4 rings (SSSR count). The minimum atomic E-state index is -0.127. The number of hydrogen-bond acceptors (Lipinski definition) is 3. The summed E-state index contributed by atoms with van der Waals surface area (Å²) in [5, 5.41) is 0. The average molecular weight is 341 g/mol. The molecule has 2 amide bonds. The standard InChI is InChI=1S/C20H27N3O2/c1-15-5-2-3-6-18(15)21-9-4-10-22(12-11-21)20(25)16-13-19(24)23(14-16)17-7-8-17/h2-3,5-6,16-17H,4,7-14H2,1H3/t16-/m0/s1. The van der Waals surface area contributed by atoms with Crippen molar-refractivity contribution in [1.82, 2.24) is 9.80 Å². The topological polar surface area (TPSA) is 43.9 Å². The zero-order chi connectivity index (χ0) is 17.4. The first-order valence-electron chi connectivity index (χ1n) is 9.52. The van der Waals surface area contributed by atoms with E-state index in [9.17, 15) is 9.59 Å². The number of hydrogen-bond donors (Lipinski definition) is 0. The lowest BCUT2D eigenvalue weighted by molar-refractivity contribution is -0.135. The van der Waals surface area contributed by atoms with Gasteiger partial charge in [0, 0.05) is 50.9 Å². The van der Waals surface area contributed by atoms with Crippen LogP contribution >= 0.6 is 0 Å². The smallest absolute Gasteiger partial charge is 0.228 e. The van der Waals surface area contributed by atoms with Crippen LogP contribution in [0.4, 0.5) is 5.69 Å². The van der Waals surface area contributed by atoms with Crippen molar-refractivity contribution in [3.63, 3.8) is 0 Å². The number of para-hydroxylation sites is 1. The van der Waals surface area contributed by atoms with Crippen molar-refractivity contribution in [2.75, 3.05) is 37.6 Å². The zero-order valence-electron chi connectivity index (χ0n) is 15.0. The molecule has 0 bridgehead atoms. The number of benzene rings is 1. The van der Waals surface area contributed by atoms with Crippen LogP contribution in [0.1, 0.15) is 31.2 Å². The van der Waals surface area contributed by atoms with Crippen molar-refractivity contribution in [3.8, 4) is 0 Å². The quantitative estimate of drug-likeness (QED) is 0.845. The van der Waals surface area contributed by atoms with E-state index < -0.39 is 0 Å². The molecule has 25 heavy (non-hydrogen) atoms. The molecule has 0 spiro atoms. The Kier molecular flexibility index (Phi) is 4.40. The summed E-state index contributed by atoms with van der Waals surface area (Å²) in [6.07, 6.45) is 3.62. The number of aryl methyl sites for hydroxylation is 1. The van der Waals surface area contributed by atoms with Crippen molar-refractivity contribution in [2.24, 2.45) is 5.92 Å². The molecule has 5 nitrogen and oxygen atoms in total. The van der Waals surface area contributed by atoms with Gasteiger partial charge < -0.3 is 14.7 Å². The van der Waals surface area contributed by atoms with E-state index in [0.29, 0.717) is 19.0 Å². The van der Waals surface area contributed by atoms with Crippen molar-refractivity contribution in [1.29, 1.82) is 0 Å². The van der Waals surface area contributed by atoms with Gasteiger partial charge in [-0.15, -0.1) is 0 Å². The normalized spacial score (nSPS) is 24.6. The van der Waals surface area contributed by atoms with E-state index in [1.165, 1.54) is 11.3 Å². The summed E-state index contributed by atoms with van der Waals surface area (Å²) in [5.74, 6) is 0.235. The number of anilines is 1. The van der Waals surface area contributed by atoms with E-state index >= 15 is 0 Å². The molecule has 0 radical (unpaired) electrons. The molecule has 1 aromatic rings. The van der Waals surface area contributed by atoms with Gasteiger partial charge in [0.15, 0.2) is 0 Å². The molecular formula is C20H27N3O2. The van der Waals surface area contributed by atoms with E-state index in [-0.39, 0.29) is 17.7 Å². The summed E-state index contributed by atoms with van der Waals surface area (Å²) >= 11 is 0. The van der Waals surface area contributed by atoms with Crippen LogP contribution < -0.4 is 4.90 Å². The molecule has 3 fully saturated rings. The highest BCUT2D eigenvalue weighted by Crippen LogP contribution is 2.33. The Hall–Kier alpha value is -2.04. The van der Waals surface area contributed by atoms with Crippen molar-refractivity contribution >= 4 is 17.5 Å². The third-order valence-corrected chi connectivity index (χ3v) is 5.76. The van der Waals surface area contributed by atoms with Crippen LogP contribution in [0.2, 0.25) is 0 Å². The lowest BCUT2D eigenvalue weighted by atomic mass is 10.1.